The van der Waals surface area contributed by atoms with E-state index in [9.17, 15) is 9.59 Å². The quantitative estimate of drug-likeness (QED) is 0.467. The molecule has 1 aliphatic rings. The van der Waals surface area contributed by atoms with Crippen molar-refractivity contribution >= 4 is 43.9 Å². The lowest BCUT2D eigenvalue weighted by molar-refractivity contribution is 0.0858. The van der Waals surface area contributed by atoms with Crippen LogP contribution in [0.25, 0.3) is 15.9 Å². The molecule has 0 spiro atoms. The van der Waals surface area contributed by atoms with Crippen LogP contribution in [0, 0.1) is 0 Å². The van der Waals surface area contributed by atoms with E-state index in [-0.39, 0.29) is 17.6 Å². The maximum absolute atomic E-state index is 13.0. The fraction of sp³-hybridized carbons (Fsp3) is 0.304. The molecule has 164 valence electrons. The molecule has 1 fully saturated rings. The molecule has 1 aliphatic heterocycles. The van der Waals surface area contributed by atoms with Gasteiger partial charge in [0.25, 0.3) is 11.5 Å². The summed E-state index contributed by atoms with van der Waals surface area (Å²) in [7, 11) is 0. The summed E-state index contributed by atoms with van der Waals surface area (Å²) < 4.78 is 6.86. The molecule has 8 nitrogen and oxygen atoms in total. The third kappa shape index (κ3) is 3.96. The number of benzene rings is 2. The SMILES string of the molecule is CCc1ccccc1Nc1nn2c(=O)c3ccc(C(=O)NCC4CCCO4)cc3nc2s1. The van der Waals surface area contributed by atoms with Crippen LogP contribution in [0.3, 0.4) is 0 Å². The molecule has 1 atom stereocenters. The minimum atomic E-state index is -0.260. The summed E-state index contributed by atoms with van der Waals surface area (Å²) in [6.07, 6.45) is 2.94. The third-order valence-corrected chi connectivity index (χ3v) is 6.44. The molecule has 2 N–H and O–H groups in total. The van der Waals surface area contributed by atoms with Crippen molar-refractivity contribution in [3.63, 3.8) is 0 Å². The largest absolute Gasteiger partial charge is 0.376 e. The Balaban J connectivity index is 1.44. The lowest BCUT2D eigenvalue weighted by atomic mass is 10.1. The van der Waals surface area contributed by atoms with Gasteiger partial charge in [0, 0.05) is 24.4 Å². The van der Waals surface area contributed by atoms with Crippen LogP contribution in [0.4, 0.5) is 10.8 Å². The number of nitrogens with one attached hydrogen (secondary N) is 2. The number of rotatable bonds is 6. The molecule has 0 bridgehead atoms. The summed E-state index contributed by atoms with van der Waals surface area (Å²) in [5, 5.41) is 11.6. The van der Waals surface area contributed by atoms with Gasteiger partial charge in [0.2, 0.25) is 10.1 Å². The highest BCUT2D eigenvalue weighted by atomic mass is 32.1. The van der Waals surface area contributed by atoms with Crippen molar-refractivity contribution in [1.29, 1.82) is 0 Å². The van der Waals surface area contributed by atoms with Crippen LogP contribution in [-0.2, 0) is 11.2 Å². The molecule has 2 aromatic carbocycles. The number of carbonyl (C=O) groups is 1. The molecular weight excluding hydrogens is 426 g/mol. The predicted molar refractivity (Wildman–Crippen MR) is 125 cm³/mol. The first-order valence-electron chi connectivity index (χ1n) is 10.7. The van der Waals surface area contributed by atoms with Crippen LogP contribution in [0.15, 0.2) is 47.3 Å². The highest BCUT2D eigenvalue weighted by Gasteiger charge is 2.18. The van der Waals surface area contributed by atoms with Crippen molar-refractivity contribution in [2.75, 3.05) is 18.5 Å². The number of hydrogen-bond donors (Lipinski definition) is 2. The van der Waals surface area contributed by atoms with Gasteiger partial charge in [-0.15, -0.1) is 5.10 Å². The maximum Gasteiger partial charge on any atom is 0.283 e. The summed E-state index contributed by atoms with van der Waals surface area (Å²) in [6.45, 7) is 3.32. The van der Waals surface area contributed by atoms with Crippen LogP contribution in [0.1, 0.15) is 35.7 Å². The van der Waals surface area contributed by atoms with E-state index < -0.39 is 0 Å². The Bertz CT molecular complexity index is 1360. The van der Waals surface area contributed by atoms with Gasteiger partial charge in [0.1, 0.15) is 0 Å². The van der Waals surface area contributed by atoms with E-state index in [1.54, 1.807) is 18.2 Å². The zero-order valence-corrected chi connectivity index (χ0v) is 18.4. The molecule has 1 unspecified atom stereocenters. The van der Waals surface area contributed by atoms with Crippen molar-refractivity contribution in [1.82, 2.24) is 19.9 Å². The fourth-order valence-electron chi connectivity index (χ4n) is 3.88. The molecule has 0 aliphatic carbocycles. The minimum Gasteiger partial charge on any atom is -0.376 e. The van der Waals surface area contributed by atoms with Crippen molar-refractivity contribution in [2.24, 2.45) is 0 Å². The molecule has 9 heteroatoms. The van der Waals surface area contributed by atoms with Gasteiger partial charge in [-0.1, -0.05) is 36.5 Å². The normalized spacial score (nSPS) is 16.0. The van der Waals surface area contributed by atoms with Gasteiger partial charge < -0.3 is 15.4 Å². The Labute approximate surface area is 188 Å². The molecule has 3 heterocycles. The van der Waals surface area contributed by atoms with E-state index in [2.05, 4.69) is 33.7 Å². The molecule has 0 radical (unpaired) electrons. The number of hydrogen-bond acceptors (Lipinski definition) is 7. The Morgan fingerprint density at radius 3 is 2.97 bits per heavy atom. The average molecular weight is 450 g/mol. The average Bonchev–Trinajstić information content (AvgIpc) is 3.47. The standard InChI is InChI=1S/C23H23N5O3S/c1-2-14-6-3-4-8-18(14)25-22-27-28-21(30)17-10-9-15(12-19(17)26-23(28)32-22)20(29)24-13-16-7-5-11-31-16/h3-4,6,8-10,12,16H,2,5,7,11,13H2,1H3,(H,24,29)(H,25,27). The van der Waals surface area contributed by atoms with Crippen molar-refractivity contribution in [2.45, 2.75) is 32.3 Å². The first-order valence-corrected chi connectivity index (χ1v) is 11.5. The number of nitrogens with zero attached hydrogens (tertiary/aromatic N) is 3. The van der Waals surface area contributed by atoms with Crippen LogP contribution < -0.4 is 16.2 Å². The number of carbonyl (C=O) groups excluding carboxylic acids is 1. The van der Waals surface area contributed by atoms with Crippen molar-refractivity contribution < 1.29 is 9.53 Å². The number of fused-ring (bicyclic) bond motifs is 2. The summed E-state index contributed by atoms with van der Waals surface area (Å²) in [6, 6.07) is 12.9. The van der Waals surface area contributed by atoms with Gasteiger partial charge in [0.05, 0.1) is 17.0 Å². The summed E-state index contributed by atoms with van der Waals surface area (Å²) in [5.41, 5.74) is 2.80. The van der Waals surface area contributed by atoms with E-state index >= 15 is 0 Å². The maximum atomic E-state index is 13.0. The number of para-hydroxylation sites is 1. The highest BCUT2D eigenvalue weighted by molar-refractivity contribution is 7.20. The molecule has 0 saturated carbocycles. The summed E-state index contributed by atoms with van der Waals surface area (Å²) in [4.78, 5) is 30.6. The van der Waals surface area contributed by atoms with Crippen molar-refractivity contribution in [3.8, 4) is 0 Å². The topological polar surface area (TPSA) is 97.6 Å². The molecule has 4 aromatic rings. The number of aryl methyl sites for hydroxylation is 1. The molecule has 2 aromatic heterocycles. The Kier molecular flexibility index (Phi) is 5.59. The zero-order valence-electron chi connectivity index (χ0n) is 17.6. The Morgan fingerprint density at radius 2 is 2.16 bits per heavy atom. The highest BCUT2D eigenvalue weighted by Crippen LogP contribution is 2.25. The zero-order chi connectivity index (χ0) is 22.1. The Hall–Kier alpha value is -3.30. The second-order valence-corrected chi connectivity index (χ2v) is 8.69. The van der Waals surface area contributed by atoms with E-state index in [0.717, 1.165) is 37.1 Å². The van der Waals surface area contributed by atoms with Gasteiger partial charge in [-0.05, 0) is 49.1 Å². The summed E-state index contributed by atoms with van der Waals surface area (Å²) >= 11 is 1.29. The molecule has 1 amide bonds. The molecule has 1 saturated heterocycles. The predicted octanol–water partition coefficient (Wildman–Crippen LogP) is 3.52. The smallest absolute Gasteiger partial charge is 0.283 e. The number of ether oxygens (including phenoxy) is 1. The first kappa shape index (κ1) is 20.6. The van der Waals surface area contributed by atoms with Gasteiger partial charge in [-0.25, -0.2) is 4.98 Å². The Morgan fingerprint density at radius 1 is 1.28 bits per heavy atom. The van der Waals surface area contributed by atoms with Gasteiger partial charge >= 0.3 is 0 Å². The van der Waals surface area contributed by atoms with Crippen molar-refractivity contribution in [3.05, 3.63) is 63.9 Å². The number of anilines is 2. The van der Waals surface area contributed by atoms with Gasteiger partial charge in [0.15, 0.2) is 0 Å². The van der Waals surface area contributed by atoms with Crippen LogP contribution >= 0.6 is 11.3 Å². The van der Waals surface area contributed by atoms with E-state index in [1.807, 2.05) is 18.2 Å². The number of amides is 1. The van der Waals surface area contributed by atoms with Crippen LogP contribution in [0.5, 0.6) is 0 Å². The second-order valence-electron chi connectivity index (χ2n) is 7.73. The fourth-order valence-corrected chi connectivity index (χ4v) is 4.69. The third-order valence-electron chi connectivity index (χ3n) is 5.61. The van der Waals surface area contributed by atoms with E-state index in [1.165, 1.54) is 15.9 Å². The first-order chi connectivity index (χ1) is 15.6. The van der Waals surface area contributed by atoms with Gasteiger partial charge in [-0.2, -0.15) is 4.52 Å². The number of aromatic nitrogens is 3. The summed E-state index contributed by atoms with van der Waals surface area (Å²) in [5.74, 6) is -0.202. The lowest BCUT2D eigenvalue weighted by Crippen LogP contribution is -2.31. The van der Waals surface area contributed by atoms with E-state index in [0.29, 0.717) is 33.1 Å². The van der Waals surface area contributed by atoms with Crippen LogP contribution in [-0.4, -0.2) is 39.8 Å². The van der Waals surface area contributed by atoms with Gasteiger partial charge in [-0.3, -0.25) is 9.59 Å². The monoisotopic (exact) mass is 449 g/mol. The second kappa shape index (κ2) is 8.68. The lowest BCUT2D eigenvalue weighted by Gasteiger charge is -2.11. The van der Waals surface area contributed by atoms with Crippen LogP contribution in [0.2, 0.25) is 0 Å². The molecule has 32 heavy (non-hydrogen) atoms. The van der Waals surface area contributed by atoms with E-state index in [4.69, 9.17) is 4.74 Å². The molecular formula is C23H23N5O3S. The minimum absolute atomic E-state index is 0.0720. The molecule has 5 rings (SSSR count).